The van der Waals surface area contributed by atoms with Crippen molar-refractivity contribution in [1.29, 1.82) is 0 Å². The van der Waals surface area contributed by atoms with Crippen LogP contribution in [0.4, 0.5) is 5.69 Å². The first kappa shape index (κ1) is 11.6. The first-order chi connectivity index (χ1) is 7.09. The van der Waals surface area contributed by atoms with Crippen molar-refractivity contribution in [2.75, 3.05) is 11.5 Å². The first-order valence-corrected chi connectivity index (χ1v) is 5.32. The number of hydrogen-bond donors (Lipinski definition) is 2. The fraction of sp³-hybridized carbons (Fsp3) is 0.200. The molecule has 0 aliphatic carbocycles. The number of anilines is 1. The highest BCUT2D eigenvalue weighted by molar-refractivity contribution is 7.99. The summed E-state index contributed by atoms with van der Waals surface area (Å²) in [6.45, 7) is 1.57. The van der Waals surface area contributed by atoms with Gasteiger partial charge in [0.1, 0.15) is 0 Å². The lowest BCUT2D eigenvalue weighted by Crippen LogP contribution is -1.96. The summed E-state index contributed by atoms with van der Waals surface area (Å²) in [5.74, 6) is -0.296. The number of nitrogens with zero attached hydrogens (tertiary/aromatic N) is 1. The van der Waals surface area contributed by atoms with Crippen molar-refractivity contribution in [2.24, 2.45) is 0 Å². The molecule has 0 aromatic carbocycles. The Hall–Kier alpha value is -1.49. The predicted octanol–water partition coefficient (Wildman–Crippen LogP) is 1.79. The smallest absolute Gasteiger partial charge is 0.330 e. The summed E-state index contributed by atoms with van der Waals surface area (Å²) < 4.78 is 0. The Bertz CT molecular complexity index is 374. The maximum absolute atomic E-state index is 10.5. The van der Waals surface area contributed by atoms with Crippen molar-refractivity contribution < 1.29 is 9.90 Å². The molecule has 3 N–H and O–H groups in total. The van der Waals surface area contributed by atoms with Crippen LogP contribution < -0.4 is 5.73 Å². The summed E-state index contributed by atoms with van der Waals surface area (Å²) in [4.78, 5) is 14.6. The van der Waals surface area contributed by atoms with E-state index in [9.17, 15) is 4.79 Å². The molecule has 0 radical (unpaired) electrons. The molecule has 1 aromatic rings. The Labute approximate surface area is 92.2 Å². The molecule has 0 spiro atoms. The van der Waals surface area contributed by atoms with E-state index in [0.29, 0.717) is 17.0 Å². The van der Waals surface area contributed by atoms with Gasteiger partial charge in [0.05, 0.1) is 16.9 Å². The molecule has 1 heterocycles. The number of nitrogens with two attached hydrogens (primary N) is 1. The van der Waals surface area contributed by atoms with Crippen LogP contribution in [0.3, 0.4) is 0 Å². The normalized spacial score (nSPS) is 11.4. The number of pyridine rings is 1. The molecule has 0 aliphatic heterocycles. The van der Waals surface area contributed by atoms with Gasteiger partial charge in [0, 0.05) is 11.3 Å². The zero-order valence-electron chi connectivity index (χ0n) is 8.30. The van der Waals surface area contributed by atoms with E-state index in [1.165, 1.54) is 11.8 Å². The molecule has 0 aliphatic rings. The van der Waals surface area contributed by atoms with Gasteiger partial charge in [0.15, 0.2) is 0 Å². The van der Waals surface area contributed by atoms with Crippen molar-refractivity contribution >= 4 is 23.4 Å². The van der Waals surface area contributed by atoms with Crippen molar-refractivity contribution in [1.82, 2.24) is 4.98 Å². The van der Waals surface area contributed by atoms with Crippen LogP contribution in [-0.4, -0.2) is 21.8 Å². The van der Waals surface area contributed by atoms with Crippen LogP contribution in [0.15, 0.2) is 35.0 Å². The quantitative estimate of drug-likeness (QED) is 0.602. The Morgan fingerprint density at radius 3 is 2.93 bits per heavy atom. The fourth-order valence-corrected chi connectivity index (χ4v) is 1.61. The molecule has 5 heteroatoms. The van der Waals surface area contributed by atoms with Crippen LogP contribution in [0.25, 0.3) is 0 Å². The second-order valence-electron chi connectivity index (χ2n) is 2.93. The van der Waals surface area contributed by atoms with Gasteiger partial charge in [-0.15, -0.1) is 11.8 Å². The van der Waals surface area contributed by atoms with E-state index in [1.54, 1.807) is 25.3 Å². The van der Waals surface area contributed by atoms with E-state index in [-0.39, 0.29) is 0 Å². The summed E-state index contributed by atoms with van der Waals surface area (Å²) >= 11 is 1.47. The van der Waals surface area contributed by atoms with Gasteiger partial charge in [-0.1, -0.05) is 6.08 Å². The van der Waals surface area contributed by atoms with Crippen LogP contribution in [0, 0.1) is 0 Å². The minimum Gasteiger partial charge on any atom is -0.478 e. The molecule has 0 saturated carbocycles. The van der Waals surface area contributed by atoms with Gasteiger partial charge in [-0.05, 0) is 19.1 Å². The van der Waals surface area contributed by atoms with Gasteiger partial charge in [-0.25, -0.2) is 9.78 Å². The average Bonchev–Trinajstić information content (AvgIpc) is 2.20. The number of carbonyl (C=O) groups is 1. The van der Waals surface area contributed by atoms with E-state index < -0.39 is 5.97 Å². The molecule has 0 fully saturated rings. The van der Waals surface area contributed by atoms with Crippen molar-refractivity contribution in [3.63, 3.8) is 0 Å². The molecular formula is C10H12N2O2S. The van der Waals surface area contributed by atoms with E-state index in [2.05, 4.69) is 4.98 Å². The highest BCUT2D eigenvalue weighted by Crippen LogP contribution is 2.16. The van der Waals surface area contributed by atoms with Crippen molar-refractivity contribution in [3.8, 4) is 0 Å². The summed E-state index contributed by atoms with van der Waals surface area (Å²) in [6, 6.07) is 3.58. The summed E-state index contributed by atoms with van der Waals surface area (Å²) in [5, 5.41) is 9.44. The molecule has 0 saturated heterocycles. The topological polar surface area (TPSA) is 76.2 Å². The highest BCUT2D eigenvalue weighted by atomic mass is 32.2. The average molecular weight is 224 g/mol. The van der Waals surface area contributed by atoms with Crippen LogP contribution in [0.5, 0.6) is 0 Å². The maximum atomic E-state index is 10.5. The Morgan fingerprint density at radius 2 is 2.40 bits per heavy atom. The SMILES string of the molecule is CC(=CCSc1ccc(N)cn1)C(=O)O. The van der Waals surface area contributed by atoms with Gasteiger partial charge in [-0.3, -0.25) is 0 Å². The Balaban J connectivity index is 2.48. The minimum absolute atomic E-state index is 0.345. The number of thioether (sulfide) groups is 1. The summed E-state index contributed by atoms with van der Waals surface area (Å²) in [5.41, 5.74) is 6.45. The largest absolute Gasteiger partial charge is 0.478 e. The van der Waals surface area contributed by atoms with Gasteiger partial charge in [0.25, 0.3) is 0 Å². The molecule has 1 aromatic heterocycles. The molecule has 80 valence electrons. The van der Waals surface area contributed by atoms with E-state index in [4.69, 9.17) is 10.8 Å². The van der Waals surface area contributed by atoms with E-state index >= 15 is 0 Å². The fourth-order valence-electron chi connectivity index (χ4n) is 0.816. The zero-order valence-corrected chi connectivity index (χ0v) is 9.12. The number of rotatable bonds is 4. The van der Waals surface area contributed by atoms with Gasteiger partial charge in [0.2, 0.25) is 0 Å². The van der Waals surface area contributed by atoms with Crippen molar-refractivity contribution in [2.45, 2.75) is 11.9 Å². The number of carboxylic acids is 1. The Kier molecular flexibility index (Phi) is 4.17. The lowest BCUT2D eigenvalue weighted by molar-refractivity contribution is -0.132. The minimum atomic E-state index is -0.888. The molecule has 1 rings (SSSR count). The molecular weight excluding hydrogens is 212 g/mol. The summed E-state index contributed by atoms with van der Waals surface area (Å²) in [6.07, 6.45) is 3.24. The van der Waals surface area contributed by atoms with Crippen LogP contribution in [-0.2, 0) is 4.79 Å². The number of aliphatic carboxylic acids is 1. The van der Waals surface area contributed by atoms with Gasteiger partial charge >= 0.3 is 5.97 Å². The zero-order chi connectivity index (χ0) is 11.3. The third-order valence-electron chi connectivity index (χ3n) is 1.72. The lowest BCUT2D eigenvalue weighted by Gasteiger charge is -1.98. The second kappa shape index (κ2) is 5.41. The van der Waals surface area contributed by atoms with Gasteiger partial charge < -0.3 is 10.8 Å². The second-order valence-corrected chi connectivity index (χ2v) is 3.97. The standard InChI is InChI=1S/C10H12N2O2S/c1-7(10(13)14)4-5-15-9-3-2-8(11)6-12-9/h2-4,6H,5,11H2,1H3,(H,13,14). The molecule has 0 bridgehead atoms. The lowest BCUT2D eigenvalue weighted by atomic mass is 10.3. The summed E-state index contributed by atoms with van der Waals surface area (Å²) in [7, 11) is 0. The van der Waals surface area contributed by atoms with Crippen LogP contribution >= 0.6 is 11.8 Å². The molecule has 0 unspecified atom stereocenters. The van der Waals surface area contributed by atoms with E-state index in [1.807, 2.05) is 6.07 Å². The number of hydrogen-bond acceptors (Lipinski definition) is 4. The first-order valence-electron chi connectivity index (χ1n) is 4.34. The monoisotopic (exact) mass is 224 g/mol. The third-order valence-corrected chi connectivity index (χ3v) is 2.59. The third kappa shape index (κ3) is 4.03. The molecule has 15 heavy (non-hydrogen) atoms. The molecule has 4 nitrogen and oxygen atoms in total. The van der Waals surface area contributed by atoms with E-state index in [0.717, 1.165) is 5.03 Å². The Morgan fingerprint density at radius 1 is 1.67 bits per heavy atom. The van der Waals surface area contributed by atoms with Crippen molar-refractivity contribution in [3.05, 3.63) is 30.0 Å². The maximum Gasteiger partial charge on any atom is 0.330 e. The molecule has 0 amide bonds. The molecule has 0 atom stereocenters. The number of carboxylic acid groups (broad SMARTS) is 1. The van der Waals surface area contributed by atoms with Crippen LogP contribution in [0.2, 0.25) is 0 Å². The van der Waals surface area contributed by atoms with Gasteiger partial charge in [-0.2, -0.15) is 0 Å². The van der Waals surface area contributed by atoms with Crippen LogP contribution in [0.1, 0.15) is 6.92 Å². The predicted molar refractivity (Wildman–Crippen MR) is 60.8 cm³/mol. The number of aromatic nitrogens is 1. The highest BCUT2D eigenvalue weighted by Gasteiger charge is 1.99. The number of nitrogen functional groups attached to an aromatic ring is 1.